The number of halogens is 1. The molecule has 0 bridgehead atoms. The quantitative estimate of drug-likeness (QED) is 0.732. The van der Waals surface area contributed by atoms with Gasteiger partial charge in [0.15, 0.2) is 0 Å². The maximum atomic E-state index is 13.1. The lowest BCUT2D eigenvalue weighted by Gasteiger charge is -2.23. The number of aromatic nitrogens is 1. The Morgan fingerprint density at radius 3 is 3.06 bits per heavy atom. The summed E-state index contributed by atoms with van der Waals surface area (Å²) in [6.07, 6.45) is 1.86. The molecule has 1 aromatic heterocycles. The first kappa shape index (κ1) is 10.5. The van der Waals surface area contributed by atoms with Crippen LogP contribution in [0.15, 0.2) is 18.2 Å². The van der Waals surface area contributed by atoms with E-state index >= 15 is 0 Å². The highest BCUT2D eigenvalue weighted by atomic mass is 19.1. The lowest BCUT2D eigenvalue weighted by atomic mass is 9.90. The predicted molar refractivity (Wildman–Crippen MR) is 64.0 cm³/mol. The minimum Gasteiger partial charge on any atom is -0.398 e. The highest BCUT2D eigenvalue weighted by molar-refractivity contribution is 5.92. The summed E-state index contributed by atoms with van der Waals surface area (Å²) in [7, 11) is 0. The molecule has 1 aliphatic rings. The SMILES string of the molecule is Nc1c2c(nc3cc(F)ccc13)CCC[C@@H]2O. The number of aliphatic hydroxyl groups excluding tert-OH is 1. The Balaban J connectivity index is 2.35. The molecule has 0 saturated carbocycles. The highest BCUT2D eigenvalue weighted by Crippen LogP contribution is 2.36. The molecule has 0 saturated heterocycles. The second-order valence-electron chi connectivity index (χ2n) is 4.46. The van der Waals surface area contributed by atoms with Crippen LogP contribution >= 0.6 is 0 Å². The fourth-order valence-corrected chi connectivity index (χ4v) is 2.50. The van der Waals surface area contributed by atoms with Crippen molar-refractivity contribution in [3.63, 3.8) is 0 Å². The largest absolute Gasteiger partial charge is 0.398 e. The molecule has 3 nitrogen and oxygen atoms in total. The second-order valence-corrected chi connectivity index (χ2v) is 4.46. The molecule has 1 aliphatic carbocycles. The highest BCUT2D eigenvalue weighted by Gasteiger charge is 2.23. The predicted octanol–water partition coefficient (Wildman–Crippen LogP) is 2.33. The third kappa shape index (κ3) is 1.56. The van der Waals surface area contributed by atoms with E-state index in [4.69, 9.17) is 5.73 Å². The zero-order valence-corrected chi connectivity index (χ0v) is 9.28. The molecule has 3 rings (SSSR count). The van der Waals surface area contributed by atoms with E-state index in [9.17, 15) is 9.50 Å². The van der Waals surface area contributed by atoms with Crippen LogP contribution in [0.5, 0.6) is 0 Å². The molecule has 0 radical (unpaired) electrons. The van der Waals surface area contributed by atoms with Gasteiger partial charge in [-0.25, -0.2) is 4.39 Å². The van der Waals surface area contributed by atoms with Gasteiger partial charge in [-0.3, -0.25) is 4.98 Å². The second kappa shape index (κ2) is 3.67. The van der Waals surface area contributed by atoms with E-state index in [0.29, 0.717) is 23.0 Å². The van der Waals surface area contributed by atoms with Gasteiger partial charge in [0.2, 0.25) is 0 Å². The van der Waals surface area contributed by atoms with Gasteiger partial charge in [0.1, 0.15) is 5.82 Å². The van der Waals surface area contributed by atoms with E-state index < -0.39 is 6.10 Å². The van der Waals surface area contributed by atoms with Crippen LogP contribution in [0, 0.1) is 5.82 Å². The van der Waals surface area contributed by atoms with Gasteiger partial charge in [-0.1, -0.05) is 0 Å². The number of hydrogen-bond acceptors (Lipinski definition) is 3. The van der Waals surface area contributed by atoms with Crippen molar-refractivity contribution in [3.05, 3.63) is 35.3 Å². The molecule has 0 unspecified atom stereocenters. The Morgan fingerprint density at radius 2 is 2.24 bits per heavy atom. The maximum absolute atomic E-state index is 13.1. The monoisotopic (exact) mass is 232 g/mol. The van der Waals surface area contributed by atoms with Crippen LogP contribution in [-0.4, -0.2) is 10.1 Å². The molecule has 4 heteroatoms. The van der Waals surface area contributed by atoms with Crippen LogP contribution in [0.3, 0.4) is 0 Å². The van der Waals surface area contributed by atoms with Crippen LogP contribution in [0.2, 0.25) is 0 Å². The lowest BCUT2D eigenvalue weighted by Crippen LogP contribution is -2.14. The minimum atomic E-state index is -0.541. The number of hydrogen-bond donors (Lipinski definition) is 2. The zero-order chi connectivity index (χ0) is 12.0. The first-order valence-corrected chi connectivity index (χ1v) is 5.72. The fraction of sp³-hybridized carbons (Fsp3) is 0.308. The summed E-state index contributed by atoms with van der Waals surface area (Å²) >= 11 is 0. The number of aryl methyl sites for hydroxylation is 1. The maximum Gasteiger partial charge on any atom is 0.125 e. The van der Waals surface area contributed by atoms with E-state index in [-0.39, 0.29) is 5.82 Å². The molecule has 1 heterocycles. The van der Waals surface area contributed by atoms with E-state index in [2.05, 4.69) is 4.98 Å². The number of nitrogen functional groups attached to an aromatic ring is 1. The summed E-state index contributed by atoms with van der Waals surface area (Å²) in [4.78, 5) is 4.41. The molecule has 0 fully saturated rings. The molecule has 0 aliphatic heterocycles. The molecule has 2 aromatic rings. The van der Waals surface area contributed by atoms with Crippen LogP contribution in [0.4, 0.5) is 10.1 Å². The van der Waals surface area contributed by atoms with E-state index in [1.807, 2.05) is 0 Å². The number of fused-ring (bicyclic) bond motifs is 2. The number of nitrogens with zero attached hydrogens (tertiary/aromatic N) is 1. The Labute approximate surface area is 98.1 Å². The average Bonchev–Trinajstić information content (AvgIpc) is 2.28. The van der Waals surface area contributed by atoms with Gasteiger partial charge >= 0.3 is 0 Å². The topological polar surface area (TPSA) is 59.1 Å². The fourth-order valence-electron chi connectivity index (χ4n) is 2.50. The van der Waals surface area contributed by atoms with Gasteiger partial charge in [0.25, 0.3) is 0 Å². The normalized spacial score (nSPS) is 19.3. The van der Waals surface area contributed by atoms with Crippen molar-refractivity contribution in [3.8, 4) is 0 Å². The van der Waals surface area contributed by atoms with E-state index in [1.54, 1.807) is 6.07 Å². The van der Waals surface area contributed by atoms with Crippen LogP contribution in [-0.2, 0) is 6.42 Å². The van der Waals surface area contributed by atoms with E-state index in [1.165, 1.54) is 12.1 Å². The molecule has 0 spiro atoms. The summed E-state index contributed by atoms with van der Waals surface area (Å²) in [6.45, 7) is 0. The van der Waals surface area contributed by atoms with E-state index in [0.717, 1.165) is 24.1 Å². The zero-order valence-electron chi connectivity index (χ0n) is 9.28. The van der Waals surface area contributed by atoms with Crippen molar-refractivity contribution in [2.24, 2.45) is 0 Å². The summed E-state index contributed by atoms with van der Waals surface area (Å²) in [5.41, 5.74) is 8.70. The van der Waals surface area contributed by atoms with Crippen molar-refractivity contribution in [2.75, 3.05) is 5.73 Å². The molecule has 1 aromatic carbocycles. The van der Waals surface area contributed by atoms with Crippen molar-refractivity contribution in [2.45, 2.75) is 25.4 Å². The number of pyridine rings is 1. The van der Waals surface area contributed by atoms with Crippen LogP contribution in [0.25, 0.3) is 10.9 Å². The number of nitrogens with two attached hydrogens (primary N) is 1. The first-order chi connectivity index (χ1) is 8.16. The third-order valence-electron chi connectivity index (χ3n) is 3.33. The number of rotatable bonds is 0. The number of aliphatic hydroxyl groups is 1. The first-order valence-electron chi connectivity index (χ1n) is 5.72. The van der Waals surface area contributed by atoms with Gasteiger partial charge in [0.05, 0.1) is 11.6 Å². The smallest absolute Gasteiger partial charge is 0.125 e. The Hall–Kier alpha value is -1.68. The standard InChI is InChI=1S/C13H13FN2O/c14-7-4-5-8-10(6-7)16-9-2-1-3-11(17)12(9)13(8)15/h4-6,11,17H,1-3H2,(H2,15,16)/t11-/m0/s1. The number of benzene rings is 1. The van der Waals surface area contributed by atoms with Gasteiger partial charge in [-0.2, -0.15) is 0 Å². The Kier molecular flexibility index (Phi) is 2.26. The summed E-state index contributed by atoms with van der Waals surface area (Å²) < 4.78 is 13.1. The summed E-state index contributed by atoms with van der Waals surface area (Å²) in [5, 5.41) is 10.7. The lowest BCUT2D eigenvalue weighted by molar-refractivity contribution is 0.156. The number of anilines is 1. The van der Waals surface area contributed by atoms with Gasteiger partial charge in [0, 0.05) is 28.4 Å². The minimum absolute atomic E-state index is 0.319. The molecular weight excluding hydrogens is 219 g/mol. The van der Waals surface area contributed by atoms with Crippen molar-refractivity contribution in [1.82, 2.24) is 4.98 Å². The molecular formula is C13H13FN2O. The summed E-state index contributed by atoms with van der Waals surface area (Å²) in [5.74, 6) is -0.319. The third-order valence-corrected chi connectivity index (χ3v) is 3.33. The Bertz CT molecular complexity index is 597. The molecule has 3 N–H and O–H groups in total. The van der Waals surface area contributed by atoms with Gasteiger partial charge in [-0.05, 0) is 31.4 Å². The van der Waals surface area contributed by atoms with Crippen molar-refractivity contribution >= 4 is 16.6 Å². The van der Waals surface area contributed by atoms with Crippen LogP contribution < -0.4 is 5.73 Å². The summed E-state index contributed by atoms with van der Waals surface area (Å²) in [6, 6.07) is 4.36. The van der Waals surface area contributed by atoms with Crippen molar-refractivity contribution < 1.29 is 9.50 Å². The van der Waals surface area contributed by atoms with Gasteiger partial charge in [-0.15, -0.1) is 0 Å². The Morgan fingerprint density at radius 1 is 1.41 bits per heavy atom. The van der Waals surface area contributed by atoms with Gasteiger partial charge < -0.3 is 10.8 Å². The molecule has 0 amide bonds. The van der Waals surface area contributed by atoms with Crippen LogP contribution in [0.1, 0.15) is 30.2 Å². The van der Waals surface area contributed by atoms with Crippen molar-refractivity contribution in [1.29, 1.82) is 0 Å². The average molecular weight is 232 g/mol. The molecule has 17 heavy (non-hydrogen) atoms. The molecule has 88 valence electrons. The molecule has 1 atom stereocenters.